The van der Waals surface area contributed by atoms with Gasteiger partial charge in [0.25, 0.3) is 0 Å². The fourth-order valence-electron chi connectivity index (χ4n) is 3.88. The van der Waals surface area contributed by atoms with E-state index in [-0.39, 0.29) is 24.3 Å². The smallest absolute Gasteiger partial charge is 0.239 e. The molecular weight excluding hydrogens is 419 g/mol. The number of aromatic nitrogens is 1. The number of carbonyl (C=O) groups is 1. The molecule has 0 bridgehead atoms. The zero-order chi connectivity index (χ0) is 24.1. The van der Waals surface area contributed by atoms with Crippen molar-refractivity contribution in [2.75, 3.05) is 26.0 Å². The molecule has 0 aliphatic heterocycles. The Morgan fingerprint density at radius 1 is 1.21 bits per heavy atom. The van der Waals surface area contributed by atoms with Gasteiger partial charge in [0.1, 0.15) is 23.5 Å². The maximum Gasteiger partial charge on any atom is 0.239 e. The molecule has 0 radical (unpaired) electrons. The third kappa shape index (κ3) is 5.24. The summed E-state index contributed by atoms with van der Waals surface area (Å²) < 4.78 is 20.7. The Bertz CT molecular complexity index is 1180. The quantitative estimate of drug-likeness (QED) is 0.537. The molecule has 7 heteroatoms. The van der Waals surface area contributed by atoms with Gasteiger partial charge in [-0.15, -0.1) is 0 Å². The van der Waals surface area contributed by atoms with Gasteiger partial charge in [0.05, 0.1) is 19.2 Å². The molecule has 0 saturated heterocycles. The molecule has 1 heterocycles. The van der Waals surface area contributed by atoms with Crippen molar-refractivity contribution in [3.8, 4) is 11.8 Å². The molecular formula is C26H29FN4O2. The van der Waals surface area contributed by atoms with E-state index in [2.05, 4.69) is 11.4 Å². The minimum Gasteiger partial charge on any atom is -0.496 e. The van der Waals surface area contributed by atoms with Gasteiger partial charge in [-0.25, -0.2) is 4.39 Å². The maximum atomic E-state index is 13.3. The van der Waals surface area contributed by atoms with Crippen molar-refractivity contribution in [2.24, 2.45) is 0 Å². The lowest BCUT2D eigenvalue weighted by Gasteiger charge is -2.26. The molecule has 0 fully saturated rings. The lowest BCUT2D eigenvalue weighted by Crippen LogP contribution is -2.33. The molecule has 0 aliphatic carbocycles. The molecule has 1 unspecified atom stereocenters. The van der Waals surface area contributed by atoms with Crippen molar-refractivity contribution in [1.29, 1.82) is 5.26 Å². The van der Waals surface area contributed by atoms with Gasteiger partial charge < -0.3 is 14.6 Å². The zero-order valence-electron chi connectivity index (χ0n) is 19.6. The fourth-order valence-corrected chi connectivity index (χ4v) is 3.88. The number of methoxy groups -OCH3 is 1. The van der Waals surface area contributed by atoms with Crippen LogP contribution < -0.4 is 10.1 Å². The van der Waals surface area contributed by atoms with Crippen molar-refractivity contribution in [2.45, 2.75) is 33.4 Å². The number of ether oxygens (including phenoxy) is 1. The van der Waals surface area contributed by atoms with Crippen LogP contribution in [0.5, 0.6) is 5.75 Å². The monoisotopic (exact) mass is 448 g/mol. The van der Waals surface area contributed by atoms with E-state index in [1.165, 1.54) is 12.1 Å². The highest BCUT2D eigenvalue weighted by Gasteiger charge is 2.22. The fraction of sp³-hybridized carbons (Fsp3) is 0.308. The van der Waals surface area contributed by atoms with Crippen molar-refractivity contribution < 1.29 is 13.9 Å². The first-order valence-corrected chi connectivity index (χ1v) is 10.7. The first kappa shape index (κ1) is 24.0. The van der Waals surface area contributed by atoms with Gasteiger partial charge in [0.2, 0.25) is 5.91 Å². The molecule has 2 aromatic carbocycles. The number of rotatable bonds is 8. The third-order valence-corrected chi connectivity index (χ3v) is 6.10. The van der Waals surface area contributed by atoms with Crippen LogP contribution >= 0.6 is 0 Å². The minimum atomic E-state index is -0.308. The second-order valence-corrected chi connectivity index (χ2v) is 8.14. The Morgan fingerprint density at radius 3 is 2.52 bits per heavy atom. The van der Waals surface area contributed by atoms with Crippen molar-refractivity contribution in [1.82, 2.24) is 9.47 Å². The van der Waals surface area contributed by atoms with Gasteiger partial charge in [0.15, 0.2) is 0 Å². The number of amides is 1. The maximum absolute atomic E-state index is 13.3. The van der Waals surface area contributed by atoms with Gasteiger partial charge in [-0.2, -0.15) is 5.26 Å². The van der Waals surface area contributed by atoms with Crippen LogP contribution in [0.2, 0.25) is 0 Å². The highest BCUT2D eigenvalue weighted by molar-refractivity contribution is 5.93. The van der Waals surface area contributed by atoms with Crippen molar-refractivity contribution in [3.63, 3.8) is 0 Å². The number of anilines is 1. The standard InChI is InChI=1S/C26H29FN4O2/c1-17-18(2)31(15-20-10-12-21(27)13-11-20)26(23(17)14-28)29-25(32)16-30(4)19(3)22-8-6-7-9-24(22)33-5/h6-13,19H,15-16H2,1-5H3,(H,29,32). The van der Waals surface area contributed by atoms with Crippen LogP contribution in [-0.4, -0.2) is 36.1 Å². The molecule has 3 rings (SSSR count). The Balaban J connectivity index is 1.82. The van der Waals surface area contributed by atoms with Crippen LogP contribution in [0.3, 0.4) is 0 Å². The van der Waals surface area contributed by atoms with Crippen LogP contribution in [0.15, 0.2) is 48.5 Å². The number of halogens is 1. The summed E-state index contributed by atoms with van der Waals surface area (Å²) in [6, 6.07) is 16.1. The van der Waals surface area contributed by atoms with Crippen molar-refractivity contribution in [3.05, 3.63) is 82.3 Å². The summed E-state index contributed by atoms with van der Waals surface area (Å²) in [5, 5.41) is 12.7. The molecule has 1 amide bonds. The van der Waals surface area contributed by atoms with E-state index in [1.54, 1.807) is 19.2 Å². The topological polar surface area (TPSA) is 70.3 Å². The zero-order valence-corrected chi connectivity index (χ0v) is 19.6. The molecule has 0 saturated carbocycles. The molecule has 1 atom stereocenters. The molecule has 1 aromatic heterocycles. The number of likely N-dealkylation sites (N-methyl/N-ethyl adjacent to an activating group) is 1. The first-order chi connectivity index (χ1) is 15.8. The van der Waals surface area contributed by atoms with Crippen LogP contribution in [0.25, 0.3) is 0 Å². The van der Waals surface area contributed by atoms with Crippen molar-refractivity contribution >= 4 is 11.7 Å². The van der Waals surface area contributed by atoms with E-state index in [0.29, 0.717) is 17.9 Å². The average Bonchev–Trinajstić information content (AvgIpc) is 3.03. The number of para-hydroxylation sites is 1. The minimum absolute atomic E-state index is 0.0585. The number of nitrogens with one attached hydrogen (secondary N) is 1. The van der Waals surface area contributed by atoms with E-state index in [9.17, 15) is 14.4 Å². The molecule has 33 heavy (non-hydrogen) atoms. The van der Waals surface area contributed by atoms with E-state index in [4.69, 9.17) is 4.74 Å². The van der Waals surface area contributed by atoms with Crippen LogP contribution in [0.1, 0.15) is 40.9 Å². The Hall–Kier alpha value is -3.63. The predicted molar refractivity (Wildman–Crippen MR) is 127 cm³/mol. The summed E-state index contributed by atoms with van der Waals surface area (Å²) in [6.07, 6.45) is 0. The second kappa shape index (κ2) is 10.3. The summed E-state index contributed by atoms with van der Waals surface area (Å²) in [7, 11) is 3.50. The Labute approximate surface area is 194 Å². The summed E-state index contributed by atoms with van der Waals surface area (Å²) in [4.78, 5) is 14.9. The number of hydrogen-bond donors (Lipinski definition) is 1. The number of nitriles is 1. The normalized spacial score (nSPS) is 11.8. The third-order valence-electron chi connectivity index (χ3n) is 6.10. The largest absolute Gasteiger partial charge is 0.496 e. The Kier molecular flexibility index (Phi) is 7.52. The lowest BCUT2D eigenvalue weighted by molar-refractivity contribution is -0.117. The number of benzene rings is 2. The number of nitrogens with zero attached hydrogens (tertiary/aromatic N) is 3. The van der Waals surface area contributed by atoms with E-state index < -0.39 is 0 Å². The summed E-state index contributed by atoms with van der Waals surface area (Å²) >= 11 is 0. The molecule has 172 valence electrons. The first-order valence-electron chi connectivity index (χ1n) is 10.7. The van der Waals surface area contributed by atoms with Crippen LogP contribution in [0, 0.1) is 31.0 Å². The lowest BCUT2D eigenvalue weighted by atomic mass is 10.1. The number of hydrogen-bond acceptors (Lipinski definition) is 4. The van der Waals surface area contributed by atoms with Crippen LogP contribution in [0.4, 0.5) is 10.2 Å². The highest BCUT2D eigenvalue weighted by atomic mass is 19.1. The molecule has 6 nitrogen and oxygen atoms in total. The van der Waals surface area contributed by atoms with Gasteiger partial charge in [-0.3, -0.25) is 9.69 Å². The molecule has 3 aromatic rings. The second-order valence-electron chi connectivity index (χ2n) is 8.14. The van der Waals surface area contributed by atoms with E-state index in [0.717, 1.165) is 28.1 Å². The number of carbonyl (C=O) groups excluding carboxylic acids is 1. The highest BCUT2D eigenvalue weighted by Crippen LogP contribution is 2.29. The Morgan fingerprint density at radius 2 is 1.88 bits per heavy atom. The molecule has 1 N–H and O–H groups in total. The average molecular weight is 449 g/mol. The van der Waals surface area contributed by atoms with Crippen LogP contribution in [-0.2, 0) is 11.3 Å². The van der Waals surface area contributed by atoms with Gasteiger partial charge in [-0.1, -0.05) is 30.3 Å². The van der Waals surface area contributed by atoms with Gasteiger partial charge in [0, 0.05) is 23.8 Å². The summed E-state index contributed by atoms with van der Waals surface area (Å²) in [5.41, 5.74) is 3.98. The van der Waals surface area contributed by atoms with Gasteiger partial charge in [-0.05, 0) is 57.1 Å². The molecule has 0 aliphatic rings. The van der Waals surface area contributed by atoms with E-state index >= 15 is 0 Å². The summed E-state index contributed by atoms with van der Waals surface area (Å²) in [6.45, 7) is 6.32. The molecule has 0 spiro atoms. The SMILES string of the molecule is COc1ccccc1C(C)N(C)CC(=O)Nc1c(C#N)c(C)c(C)n1Cc1ccc(F)cc1. The predicted octanol–water partition coefficient (Wildman–Crippen LogP) is 4.80. The van der Waals surface area contributed by atoms with Gasteiger partial charge >= 0.3 is 0 Å². The van der Waals surface area contributed by atoms with E-state index in [1.807, 2.05) is 61.6 Å². The summed E-state index contributed by atoms with van der Waals surface area (Å²) in [5.74, 6) is 0.690.